The number of hydrogen-bond acceptors (Lipinski definition) is 3. The van der Waals surface area contributed by atoms with Crippen LogP contribution >= 0.6 is 0 Å². The van der Waals surface area contributed by atoms with E-state index in [4.69, 9.17) is 0 Å². The molecule has 0 fully saturated rings. The van der Waals surface area contributed by atoms with Crippen LogP contribution in [0, 0.1) is 0 Å². The summed E-state index contributed by atoms with van der Waals surface area (Å²) in [6.07, 6.45) is 44.0. The minimum absolute atomic E-state index is 0. The van der Waals surface area contributed by atoms with Crippen molar-refractivity contribution in [1.82, 2.24) is 4.90 Å². The van der Waals surface area contributed by atoms with Crippen molar-refractivity contribution in [3.63, 3.8) is 0 Å². The van der Waals surface area contributed by atoms with E-state index >= 15 is 0 Å². The zero-order valence-electron chi connectivity index (χ0n) is 29.5. The Balaban J connectivity index is 0. The van der Waals surface area contributed by atoms with E-state index < -0.39 is 5.97 Å². The number of carbonyl (C=O) groups excluding carboxylic acids is 1. The summed E-state index contributed by atoms with van der Waals surface area (Å²) in [6.45, 7) is 6.53. The number of unbranched alkanes of at least 4 members (excludes halogenated alkanes) is 30. The molecule has 0 aromatic rings. The third-order valence-electron chi connectivity index (χ3n) is 9.01. The van der Waals surface area contributed by atoms with Crippen LogP contribution in [0.15, 0.2) is 0 Å². The van der Waals surface area contributed by atoms with Gasteiger partial charge in [-0.2, -0.15) is 0 Å². The molecule has 0 aliphatic rings. The number of nitrogens with zero attached hydrogens (tertiary/aromatic N) is 1. The van der Waals surface area contributed by atoms with Crippen LogP contribution < -0.4 is 24.0 Å². The van der Waals surface area contributed by atoms with Gasteiger partial charge in [0.2, 0.25) is 0 Å². The maximum atomic E-state index is 11.2. The minimum atomic E-state index is -0.919. The van der Waals surface area contributed by atoms with Crippen molar-refractivity contribution in [3.05, 3.63) is 0 Å². The molecule has 42 heavy (non-hydrogen) atoms. The van der Waals surface area contributed by atoms with Crippen molar-refractivity contribution in [2.45, 2.75) is 219 Å². The van der Waals surface area contributed by atoms with E-state index in [-0.39, 0.29) is 25.4 Å². The summed E-state index contributed by atoms with van der Waals surface area (Å²) in [5.41, 5.74) is 0. The van der Waals surface area contributed by atoms with Crippen LogP contribution in [-0.2, 0) is 4.79 Å². The third-order valence-corrected chi connectivity index (χ3v) is 9.01. The van der Waals surface area contributed by atoms with Crippen LogP contribution in [0.3, 0.4) is 0 Å². The van der Waals surface area contributed by atoms with Crippen molar-refractivity contribution >= 4 is 5.97 Å². The van der Waals surface area contributed by atoms with E-state index in [0.29, 0.717) is 0 Å². The zero-order chi connectivity index (χ0) is 29.9. The van der Waals surface area contributed by atoms with E-state index in [2.05, 4.69) is 18.7 Å². The van der Waals surface area contributed by atoms with Crippen LogP contribution in [0.1, 0.15) is 219 Å². The van der Waals surface area contributed by atoms with Crippen LogP contribution in [0.25, 0.3) is 0 Å². The first-order valence-electron chi connectivity index (χ1n) is 19.1. The molecule has 3 nitrogen and oxygen atoms in total. The normalized spacial score (nSPS) is 11.3. The van der Waals surface area contributed by atoms with Gasteiger partial charge >= 0.3 is 18.9 Å². The average molecular weight is 586 g/mol. The Morgan fingerprint density at radius 3 is 0.762 bits per heavy atom. The van der Waals surface area contributed by atoms with Crippen LogP contribution in [0.5, 0.6) is 0 Å². The second-order valence-electron chi connectivity index (χ2n) is 13.3. The van der Waals surface area contributed by atoms with E-state index in [1.165, 1.54) is 193 Å². The number of carbonyl (C=O) groups is 1. The molecule has 0 aliphatic carbocycles. The molecule has 4 heteroatoms. The van der Waals surface area contributed by atoms with Gasteiger partial charge in [-0.1, -0.05) is 206 Å². The van der Waals surface area contributed by atoms with Crippen molar-refractivity contribution in [3.8, 4) is 0 Å². The molecule has 0 radical (unpaired) electrons. The maximum absolute atomic E-state index is 11.2. The molecule has 0 heterocycles. The van der Waals surface area contributed by atoms with Gasteiger partial charge < -0.3 is 9.90 Å². The fraction of sp³-hybridized carbons (Fsp3) is 0.974. The molecule has 246 valence electrons. The molecule has 0 amide bonds. The summed E-state index contributed by atoms with van der Waals surface area (Å²) in [6, 6.07) is 0. The first-order valence-corrected chi connectivity index (χ1v) is 19.1. The largest absolute Gasteiger partial charge is 1.00 e. The quantitative estimate of drug-likeness (QED) is 0.0546. The van der Waals surface area contributed by atoms with Crippen LogP contribution in [0.4, 0.5) is 0 Å². The van der Waals surface area contributed by atoms with Gasteiger partial charge in [-0.15, -0.1) is 0 Å². The zero-order valence-corrected chi connectivity index (χ0v) is 29.5. The molecule has 0 aromatic heterocycles. The van der Waals surface area contributed by atoms with Gasteiger partial charge in [-0.05, 0) is 25.9 Å². The fourth-order valence-corrected chi connectivity index (χ4v) is 6.22. The van der Waals surface area contributed by atoms with E-state index in [1.54, 1.807) is 0 Å². The summed E-state index contributed by atoms with van der Waals surface area (Å²) >= 11 is 0. The molecule has 0 saturated heterocycles. The summed E-state index contributed by atoms with van der Waals surface area (Å²) < 4.78 is 0. The predicted octanol–water partition coefficient (Wildman–Crippen LogP) is 8.57. The van der Waals surface area contributed by atoms with E-state index in [0.717, 1.165) is 25.9 Å². The summed E-state index contributed by atoms with van der Waals surface area (Å²) in [5.74, 6) is -0.919. The van der Waals surface area contributed by atoms with Gasteiger partial charge in [0.25, 0.3) is 0 Å². The van der Waals surface area contributed by atoms with E-state index in [1.807, 2.05) is 0 Å². The molecule has 0 N–H and O–H groups in total. The van der Waals surface area contributed by atoms with Gasteiger partial charge in [-0.25, -0.2) is 0 Å². The van der Waals surface area contributed by atoms with Crippen molar-refractivity contribution < 1.29 is 28.8 Å². The molecular weight excluding hydrogens is 509 g/mol. The smallest absolute Gasteiger partial charge is 0.549 e. The maximum Gasteiger partial charge on any atom is 1.00 e. The molecule has 0 saturated carbocycles. The SMILES string of the molecule is CCCCCCCCCCCCCCCCCCN(CCCCCCCCCCCCCCCCCC)CC(=O)[O-].[Li+]. The molecule has 0 unspecified atom stereocenters. The van der Waals surface area contributed by atoms with E-state index in [9.17, 15) is 9.90 Å². The molecule has 0 spiro atoms. The van der Waals surface area contributed by atoms with Gasteiger partial charge in [0.15, 0.2) is 0 Å². The summed E-state index contributed by atoms with van der Waals surface area (Å²) in [7, 11) is 0. The topological polar surface area (TPSA) is 43.4 Å². The molecule has 0 bridgehead atoms. The van der Waals surface area contributed by atoms with Crippen LogP contribution in [0.2, 0.25) is 0 Å². The summed E-state index contributed by atoms with van der Waals surface area (Å²) in [5, 5.41) is 11.2. The summed E-state index contributed by atoms with van der Waals surface area (Å²) in [4.78, 5) is 13.3. The minimum Gasteiger partial charge on any atom is -0.549 e. The number of carboxylic acid groups (broad SMARTS) is 1. The number of aliphatic carboxylic acids is 1. The first-order chi connectivity index (χ1) is 20.2. The predicted molar refractivity (Wildman–Crippen MR) is 181 cm³/mol. The van der Waals surface area contributed by atoms with Crippen LogP contribution in [-0.4, -0.2) is 30.5 Å². The number of carboxylic acids is 1. The van der Waals surface area contributed by atoms with Crippen molar-refractivity contribution in [2.24, 2.45) is 0 Å². The molecule has 0 aromatic carbocycles. The second-order valence-corrected chi connectivity index (χ2v) is 13.3. The van der Waals surface area contributed by atoms with Gasteiger partial charge in [0.05, 0.1) is 5.97 Å². The second kappa shape index (κ2) is 39.1. The molecule has 0 rings (SSSR count). The third kappa shape index (κ3) is 38.1. The van der Waals surface area contributed by atoms with Crippen molar-refractivity contribution in [1.29, 1.82) is 0 Å². The van der Waals surface area contributed by atoms with Crippen molar-refractivity contribution in [2.75, 3.05) is 19.6 Å². The Bertz CT molecular complexity index is 465. The monoisotopic (exact) mass is 586 g/mol. The van der Waals surface area contributed by atoms with Gasteiger partial charge in [-0.3, -0.25) is 4.90 Å². The Morgan fingerprint density at radius 1 is 0.381 bits per heavy atom. The fourth-order valence-electron chi connectivity index (χ4n) is 6.22. The molecule has 0 aliphatic heterocycles. The standard InChI is InChI=1S/C38H77NO2.Li/c1-3-5-7-9-11-13-15-17-19-21-23-25-27-29-31-33-35-39(37-38(40)41)36-34-32-30-28-26-24-22-20-18-16-14-12-10-8-6-4-2;/h3-37H2,1-2H3,(H,40,41);/q;+1/p-1. The van der Waals surface area contributed by atoms with Gasteiger partial charge in [0, 0.05) is 6.54 Å². The molecular formula is C38H76LiNO2. The number of rotatable bonds is 36. The Morgan fingerprint density at radius 2 is 0.571 bits per heavy atom. The Labute approximate surface area is 277 Å². The van der Waals surface area contributed by atoms with Gasteiger partial charge in [0.1, 0.15) is 0 Å². The first kappa shape index (κ1) is 44.2. The Kier molecular flexibility index (Phi) is 41.1. The molecule has 0 atom stereocenters. The Hall–Kier alpha value is 0.0274. The average Bonchev–Trinajstić information content (AvgIpc) is 2.96. The number of hydrogen-bond donors (Lipinski definition) is 0.